The van der Waals surface area contributed by atoms with Crippen LogP contribution in [0.25, 0.3) is 0 Å². The highest BCUT2D eigenvalue weighted by Gasteiger charge is 2.19. The number of amides is 1. The Balaban J connectivity index is 2.12. The summed E-state index contributed by atoms with van der Waals surface area (Å²) in [5.74, 6) is 0.446. The molecule has 0 atom stereocenters. The smallest absolute Gasteiger partial charge is 0.272 e. The average Bonchev–Trinajstić information content (AvgIpc) is 2.39. The SMILES string of the molecule is COc1cccc(C(=O)N2CCNCC2)n1. The number of hydrogen-bond acceptors (Lipinski definition) is 4. The van der Waals surface area contributed by atoms with Gasteiger partial charge in [-0.3, -0.25) is 4.79 Å². The molecule has 0 unspecified atom stereocenters. The zero-order chi connectivity index (χ0) is 11.4. The fraction of sp³-hybridized carbons (Fsp3) is 0.455. The van der Waals surface area contributed by atoms with Crippen LogP contribution in [0.4, 0.5) is 0 Å². The lowest BCUT2D eigenvalue weighted by molar-refractivity contribution is 0.0729. The van der Waals surface area contributed by atoms with Crippen LogP contribution >= 0.6 is 0 Å². The van der Waals surface area contributed by atoms with Crippen LogP contribution in [0.15, 0.2) is 18.2 Å². The van der Waals surface area contributed by atoms with Gasteiger partial charge in [0.1, 0.15) is 5.69 Å². The largest absolute Gasteiger partial charge is 0.481 e. The predicted octanol–water partition coefficient (Wildman–Crippen LogP) is 0.136. The number of methoxy groups -OCH3 is 1. The van der Waals surface area contributed by atoms with Crippen molar-refractivity contribution in [2.75, 3.05) is 33.3 Å². The predicted molar refractivity (Wildman–Crippen MR) is 59.6 cm³/mol. The molecule has 0 bridgehead atoms. The van der Waals surface area contributed by atoms with Gasteiger partial charge in [-0.25, -0.2) is 4.98 Å². The molecule has 1 saturated heterocycles. The Labute approximate surface area is 94.4 Å². The third-order valence-corrected chi connectivity index (χ3v) is 2.56. The van der Waals surface area contributed by atoms with Crippen molar-refractivity contribution in [1.29, 1.82) is 0 Å². The first-order valence-electron chi connectivity index (χ1n) is 5.32. The number of carbonyl (C=O) groups is 1. The van der Waals surface area contributed by atoms with Crippen molar-refractivity contribution < 1.29 is 9.53 Å². The van der Waals surface area contributed by atoms with Crippen molar-refractivity contribution in [3.8, 4) is 5.88 Å². The third kappa shape index (κ3) is 2.30. The minimum atomic E-state index is -0.0274. The Bertz CT molecular complexity index is 375. The number of aromatic nitrogens is 1. The summed E-state index contributed by atoms with van der Waals surface area (Å²) in [4.78, 5) is 18.0. The van der Waals surface area contributed by atoms with Gasteiger partial charge in [-0.05, 0) is 6.07 Å². The molecule has 1 aromatic rings. The minimum Gasteiger partial charge on any atom is -0.481 e. The van der Waals surface area contributed by atoms with Crippen LogP contribution in [0.5, 0.6) is 5.88 Å². The van der Waals surface area contributed by atoms with E-state index in [1.807, 2.05) is 0 Å². The van der Waals surface area contributed by atoms with E-state index in [0.717, 1.165) is 26.2 Å². The van der Waals surface area contributed by atoms with E-state index in [-0.39, 0.29) is 5.91 Å². The van der Waals surface area contributed by atoms with Crippen LogP contribution in [0.1, 0.15) is 10.5 Å². The van der Waals surface area contributed by atoms with Crippen molar-refractivity contribution in [2.24, 2.45) is 0 Å². The average molecular weight is 221 g/mol. The monoisotopic (exact) mass is 221 g/mol. The second kappa shape index (κ2) is 4.94. The first kappa shape index (κ1) is 10.9. The minimum absolute atomic E-state index is 0.0274. The summed E-state index contributed by atoms with van der Waals surface area (Å²) >= 11 is 0. The van der Waals surface area contributed by atoms with Crippen LogP contribution in [-0.2, 0) is 0 Å². The maximum atomic E-state index is 12.0. The molecule has 1 aromatic heterocycles. The fourth-order valence-corrected chi connectivity index (χ4v) is 1.68. The Kier molecular flexibility index (Phi) is 3.36. The van der Waals surface area contributed by atoms with Gasteiger partial charge in [-0.1, -0.05) is 6.07 Å². The molecule has 1 N–H and O–H groups in total. The number of rotatable bonds is 2. The zero-order valence-corrected chi connectivity index (χ0v) is 9.27. The number of piperazine rings is 1. The molecule has 1 aliphatic heterocycles. The van der Waals surface area contributed by atoms with Gasteiger partial charge in [-0.2, -0.15) is 0 Å². The molecule has 5 nitrogen and oxygen atoms in total. The Hall–Kier alpha value is -1.62. The van der Waals surface area contributed by atoms with E-state index in [1.165, 1.54) is 0 Å². The number of hydrogen-bond donors (Lipinski definition) is 1. The quantitative estimate of drug-likeness (QED) is 0.771. The van der Waals surface area contributed by atoms with Crippen molar-refractivity contribution in [3.63, 3.8) is 0 Å². The van der Waals surface area contributed by atoms with Gasteiger partial charge in [0.05, 0.1) is 7.11 Å². The van der Waals surface area contributed by atoms with Crippen molar-refractivity contribution in [1.82, 2.24) is 15.2 Å². The van der Waals surface area contributed by atoms with Crippen molar-refractivity contribution in [3.05, 3.63) is 23.9 Å². The van der Waals surface area contributed by atoms with Crippen LogP contribution in [0.3, 0.4) is 0 Å². The number of pyridine rings is 1. The van der Waals surface area contributed by atoms with E-state index in [4.69, 9.17) is 4.74 Å². The summed E-state index contributed by atoms with van der Waals surface area (Å²) in [5, 5.41) is 3.20. The highest BCUT2D eigenvalue weighted by atomic mass is 16.5. The van der Waals surface area contributed by atoms with E-state index < -0.39 is 0 Å². The van der Waals surface area contributed by atoms with E-state index >= 15 is 0 Å². The van der Waals surface area contributed by atoms with Gasteiger partial charge in [0, 0.05) is 32.2 Å². The maximum Gasteiger partial charge on any atom is 0.272 e. The molecule has 0 aliphatic carbocycles. The van der Waals surface area contributed by atoms with E-state index in [0.29, 0.717) is 11.6 Å². The second-order valence-electron chi connectivity index (χ2n) is 3.61. The Morgan fingerprint density at radius 2 is 2.19 bits per heavy atom. The van der Waals surface area contributed by atoms with Gasteiger partial charge in [-0.15, -0.1) is 0 Å². The second-order valence-corrected chi connectivity index (χ2v) is 3.61. The van der Waals surface area contributed by atoms with Crippen LogP contribution in [0.2, 0.25) is 0 Å². The molecule has 1 amide bonds. The summed E-state index contributed by atoms with van der Waals surface area (Å²) in [6.45, 7) is 3.15. The molecule has 2 rings (SSSR count). The summed E-state index contributed by atoms with van der Waals surface area (Å²) in [6.07, 6.45) is 0. The highest BCUT2D eigenvalue weighted by Crippen LogP contribution is 2.09. The molecular formula is C11H15N3O2. The van der Waals surface area contributed by atoms with Gasteiger partial charge in [0.15, 0.2) is 0 Å². The molecule has 0 saturated carbocycles. The molecule has 16 heavy (non-hydrogen) atoms. The molecule has 1 fully saturated rings. The van der Waals surface area contributed by atoms with Crippen LogP contribution < -0.4 is 10.1 Å². The Morgan fingerprint density at radius 1 is 1.44 bits per heavy atom. The van der Waals surface area contributed by atoms with Crippen LogP contribution in [-0.4, -0.2) is 49.1 Å². The van der Waals surface area contributed by atoms with E-state index in [1.54, 1.807) is 30.2 Å². The molecule has 2 heterocycles. The normalized spacial score (nSPS) is 15.9. The van der Waals surface area contributed by atoms with E-state index in [9.17, 15) is 4.79 Å². The highest BCUT2D eigenvalue weighted by molar-refractivity contribution is 5.92. The van der Waals surface area contributed by atoms with Gasteiger partial charge >= 0.3 is 0 Å². The molecule has 0 radical (unpaired) electrons. The first-order valence-corrected chi connectivity index (χ1v) is 5.32. The molecule has 0 spiro atoms. The van der Waals surface area contributed by atoms with Crippen LogP contribution in [0, 0.1) is 0 Å². The molecule has 0 aromatic carbocycles. The summed E-state index contributed by atoms with van der Waals surface area (Å²) in [7, 11) is 1.54. The summed E-state index contributed by atoms with van der Waals surface area (Å²) < 4.78 is 5.00. The first-order chi connectivity index (χ1) is 7.81. The number of ether oxygens (including phenoxy) is 1. The van der Waals surface area contributed by atoms with Crippen molar-refractivity contribution in [2.45, 2.75) is 0 Å². The fourth-order valence-electron chi connectivity index (χ4n) is 1.68. The lowest BCUT2D eigenvalue weighted by Crippen LogP contribution is -2.46. The van der Waals surface area contributed by atoms with Gasteiger partial charge in [0.2, 0.25) is 5.88 Å². The third-order valence-electron chi connectivity index (χ3n) is 2.56. The zero-order valence-electron chi connectivity index (χ0n) is 9.27. The standard InChI is InChI=1S/C11H15N3O2/c1-16-10-4-2-3-9(13-10)11(15)14-7-5-12-6-8-14/h2-4,12H,5-8H2,1H3. The van der Waals surface area contributed by atoms with Gasteiger partial charge < -0.3 is 15.0 Å². The van der Waals surface area contributed by atoms with Crippen molar-refractivity contribution >= 4 is 5.91 Å². The number of carbonyl (C=O) groups excluding carboxylic acids is 1. The molecule has 1 aliphatic rings. The lowest BCUT2D eigenvalue weighted by atomic mass is 10.3. The lowest BCUT2D eigenvalue weighted by Gasteiger charge is -2.27. The number of nitrogens with one attached hydrogen (secondary N) is 1. The van der Waals surface area contributed by atoms with E-state index in [2.05, 4.69) is 10.3 Å². The maximum absolute atomic E-state index is 12.0. The molecular weight excluding hydrogens is 206 g/mol. The summed E-state index contributed by atoms with van der Waals surface area (Å²) in [6, 6.07) is 5.22. The summed E-state index contributed by atoms with van der Waals surface area (Å²) in [5.41, 5.74) is 0.446. The Morgan fingerprint density at radius 3 is 2.88 bits per heavy atom. The van der Waals surface area contributed by atoms with Gasteiger partial charge in [0.25, 0.3) is 5.91 Å². The number of nitrogens with zero attached hydrogens (tertiary/aromatic N) is 2. The molecule has 5 heteroatoms. The topological polar surface area (TPSA) is 54.5 Å². The molecule has 86 valence electrons.